The summed E-state index contributed by atoms with van der Waals surface area (Å²) in [5.74, 6) is -0.211. The summed E-state index contributed by atoms with van der Waals surface area (Å²) in [6.45, 7) is 2.20. The fourth-order valence-electron chi connectivity index (χ4n) is 3.93. The van der Waals surface area contributed by atoms with Crippen molar-refractivity contribution in [3.8, 4) is 5.75 Å². The summed E-state index contributed by atoms with van der Waals surface area (Å²) in [7, 11) is 1.84. The first-order valence-electron chi connectivity index (χ1n) is 10.5. The maximum absolute atomic E-state index is 14.6. The van der Waals surface area contributed by atoms with Crippen molar-refractivity contribution in [1.29, 1.82) is 0 Å². The maximum Gasteiger partial charge on any atom is 0.335 e. The van der Waals surface area contributed by atoms with Crippen LogP contribution in [-0.2, 0) is 13.7 Å². The molecule has 5 aromatic rings. The number of aromatic nitrogens is 4. The molecular weight excluding hydrogens is 423 g/mol. The topological polar surface area (TPSA) is 93.0 Å². The number of carbonyl (C=O) groups is 1. The highest BCUT2D eigenvalue weighted by Crippen LogP contribution is 2.29. The summed E-state index contributed by atoms with van der Waals surface area (Å²) in [5.41, 5.74) is 3.72. The van der Waals surface area contributed by atoms with E-state index in [1.165, 1.54) is 12.1 Å². The summed E-state index contributed by atoms with van der Waals surface area (Å²) in [5, 5.41) is 9.27. The molecule has 5 rings (SSSR count). The molecule has 1 unspecified atom stereocenters. The molecule has 0 spiro atoms. The van der Waals surface area contributed by atoms with Crippen LogP contribution in [0.3, 0.4) is 0 Å². The van der Waals surface area contributed by atoms with Gasteiger partial charge in [0.25, 0.3) is 0 Å². The van der Waals surface area contributed by atoms with Crippen LogP contribution in [0.5, 0.6) is 5.75 Å². The van der Waals surface area contributed by atoms with Gasteiger partial charge in [0.2, 0.25) is 0 Å². The first kappa shape index (κ1) is 20.7. The Hall–Kier alpha value is -4.20. The van der Waals surface area contributed by atoms with Gasteiger partial charge in [-0.1, -0.05) is 30.3 Å². The lowest BCUT2D eigenvalue weighted by molar-refractivity contribution is 0.0697. The Morgan fingerprint density at radius 2 is 1.91 bits per heavy atom. The number of rotatable bonds is 6. The number of nitrogens with zero attached hydrogens (tertiary/aromatic N) is 3. The monoisotopic (exact) mass is 444 g/mol. The molecule has 0 amide bonds. The number of aromatic amines is 1. The van der Waals surface area contributed by atoms with E-state index < -0.39 is 11.8 Å². The van der Waals surface area contributed by atoms with Crippen LogP contribution in [0, 0.1) is 5.82 Å². The second-order valence-corrected chi connectivity index (χ2v) is 7.96. The third kappa shape index (κ3) is 3.80. The van der Waals surface area contributed by atoms with Crippen LogP contribution in [0.4, 0.5) is 4.39 Å². The van der Waals surface area contributed by atoms with Gasteiger partial charge < -0.3 is 19.4 Å². The molecule has 166 valence electrons. The average molecular weight is 444 g/mol. The molecule has 0 saturated carbocycles. The van der Waals surface area contributed by atoms with Crippen molar-refractivity contribution in [1.82, 2.24) is 19.5 Å². The zero-order chi connectivity index (χ0) is 23.1. The summed E-state index contributed by atoms with van der Waals surface area (Å²) < 4.78 is 22.2. The highest BCUT2D eigenvalue weighted by atomic mass is 19.1. The average Bonchev–Trinajstić information content (AvgIpc) is 3.38. The number of hydrogen-bond donors (Lipinski definition) is 2. The van der Waals surface area contributed by atoms with Crippen molar-refractivity contribution < 1.29 is 19.0 Å². The van der Waals surface area contributed by atoms with Crippen LogP contribution in [-0.4, -0.2) is 30.6 Å². The molecule has 0 aliphatic carbocycles. The minimum absolute atomic E-state index is 0.140. The van der Waals surface area contributed by atoms with Gasteiger partial charge in [-0.05, 0) is 30.7 Å². The lowest BCUT2D eigenvalue weighted by Crippen LogP contribution is -2.06. The predicted octanol–water partition coefficient (Wildman–Crippen LogP) is 5.02. The second kappa shape index (κ2) is 8.05. The molecule has 0 fully saturated rings. The molecule has 8 heteroatoms. The molecule has 1 atom stereocenters. The van der Waals surface area contributed by atoms with Crippen LogP contribution < -0.4 is 4.74 Å². The standard InChI is InChI=1S/C25H21FN4O3/c1-14(24-29-18-9-8-16(25(31)32)10-21(18)30(24)2)23-27-19-11-17(26)22(12-20(19)28-23)33-13-15-6-4-3-5-7-15/h3-12,14H,13H2,1-2H3,(H,27,28)(H,31,32). The molecule has 2 N–H and O–H groups in total. The number of H-pyrrole nitrogens is 1. The van der Waals surface area contributed by atoms with Gasteiger partial charge in [-0.3, -0.25) is 0 Å². The van der Waals surface area contributed by atoms with Gasteiger partial charge in [-0.25, -0.2) is 19.2 Å². The number of aromatic carboxylic acids is 1. The molecule has 7 nitrogen and oxygen atoms in total. The minimum atomic E-state index is -0.989. The number of fused-ring (bicyclic) bond motifs is 2. The van der Waals surface area contributed by atoms with E-state index in [9.17, 15) is 14.3 Å². The number of aryl methyl sites for hydroxylation is 1. The summed E-state index contributed by atoms with van der Waals surface area (Å²) in [4.78, 5) is 23.8. The smallest absolute Gasteiger partial charge is 0.335 e. The normalized spacial score (nSPS) is 12.3. The molecule has 33 heavy (non-hydrogen) atoms. The molecule has 0 saturated heterocycles. The predicted molar refractivity (Wildman–Crippen MR) is 122 cm³/mol. The van der Waals surface area contributed by atoms with Crippen molar-refractivity contribution in [3.05, 3.63) is 89.3 Å². The number of hydrogen-bond acceptors (Lipinski definition) is 4. The van der Waals surface area contributed by atoms with Crippen molar-refractivity contribution in [2.45, 2.75) is 19.4 Å². The Labute approximate surface area is 188 Å². The molecule has 0 bridgehead atoms. The summed E-state index contributed by atoms with van der Waals surface area (Å²) in [6, 6.07) is 17.4. The lowest BCUT2D eigenvalue weighted by atomic mass is 10.1. The van der Waals surface area contributed by atoms with Gasteiger partial charge in [-0.2, -0.15) is 0 Å². The fourth-order valence-corrected chi connectivity index (χ4v) is 3.93. The summed E-state index contributed by atoms with van der Waals surface area (Å²) >= 11 is 0. The number of imidazole rings is 2. The Balaban J connectivity index is 1.46. The molecule has 2 heterocycles. The van der Waals surface area contributed by atoms with E-state index in [-0.39, 0.29) is 23.8 Å². The Morgan fingerprint density at radius 3 is 2.67 bits per heavy atom. The van der Waals surface area contributed by atoms with E-state index in [0.29, 0.717) is 28.2 Å². The number of benzene rings is 3. The largest absolute Gasteiger partial charge is 0.486 e. The van der Waals surface area contributed by atoms with E-state index >= 15 is 0 Å². The maximum atomic E-state index is 14.6. The molecule has 0 aliphatic rings. The van der Waals surface area contributed by atoms with Gasteiger partial charge in [0.05, 0.1) is 33.5 Å². The van der Waals surface area contributed by atoms with Crippen LogP contribution >= 0.6 is 0 Å². The van der Waals surface area contributed by atoms with Crippen molar-refractivity contribution in [2.75, 3.05) is 0 Å². The zero-order valence-electron chi connectivity index (χ0n) is 18.0. The van der Waals surface area contributed by atoms with Crippen LogP contribution in [0.15, 0.2) is 60.7 Å². The van der Waals surface area contributed by atoms with Gasteiger partial charge >= 0.3 is 5.97 Å². The van der Waals surface area contributed by atoms with E-state index in [2.05, 4.69) is 15.0 Å². The number of carboxylic acids is 1. The number of nitrogens with one attached hydrogen (secondary N) is 1. The zero-order valence-corrected chi connectivity index (χ0v) is 18.0. The third-order valence-electron chi connectivity index (χ3n) is 5.75. The van der Waals surface area contributed by atoms with E-state index in [1.807, 2.05) is 48.9 Å². The van der Waals surface area contributed by atoms with E-state index in [0.717, 1.165) is 11.1 Å². The molecule has 3 aromatic carbocycles. The molecule has 0 radical (unpaired) electrons. The minimum Gasteiger partial charge on any atom is -0.486 e. The van der Waals surface area contributed by atoms with E-state index in [4.69, 9.17) is 4.74 Å². The van der Waals surface area contributed by atoms with Gasteiger partial charge in [0, 0.05) is 19.2 Å². The summed E-state index contributed by atoms with van der Waals surface area (Å²) in [6.07, 6.45) is 0. The molecule has 0 aliphatic heterocycles. The van der Waals surface area contributed by atoms with Crippen LogP contribution in [0.1, 0.15) is 40.4 Å². The highest BCUT2D eigenvalue weighted by molar-refractivity contribution is 5.92. The third-order valence-corrected chi connectivity index (χ3v) is 5.75. The lowest BCUT2D eigenvalue weighted by Gasteiger charge is -2.08. The highest BCUT2D eigenvalue weighted by Gasteiger charge is 2.21. The SMILES string of the molecule is CC(c1nc2cc(OCc3ccccc3)c(F)cc2[nH]1)c1nc2ccc(C(=O)O)cc2n1C. The Morgan fingerprint density at radius 1 is 1.12 bits per heavy atom. The number of ether oxygens (including phenoxy) is 1. The fraction of sp³-hybridized carbons (Fsp3) is 0.160. The van der Waals surface area contributed by atoms with Crippen LogP contribution in [0.25, 0.3) is 22.1 Å². The first-order chi connectivity index (χ1) is 15.9. The molecular formula is C25H21FN4O3. The number of halogens is 1. The number of carboxylic acid groups (broad SMARTS) is 1. The first-order valence-corrected chi connectivity index (χ1v) is 10.5. The van der Waals surface area contributed by atoms with Gasteiger partial charge in [0.15, 0.2) is 11.6 Å². The second-order valence-electron chi connectivity index (χ2n) is 7.96. The van der Waals surface area contributed by atoms with E-state index in [1.54, 1.807) is 18.2 Å². The Kier molecular flexibility index (Phi) is 5.05. The van der Waals surface area contributed by atoms with Gasteiger partial charge in [-0.15, -0.1) is 0 Å². The molecule has 2 aromatic heterocycles. The van der Waals surface area contributed by atoms with Crippen molar-refractivity contribution in [2.24, 2.45) is 7.05 Å². The van der Waals surface area contributed by atoms with Crippen LogP contribution in [0.2, 0.25) is 0 Å². The Bertz CT molecular complexity index is 1490. The quantitative estimate of drug-likeness (QED) is 0.384. The van der Waals surface area contributed by atoms with Gasteiger partial charge in [0.1, 0.15) is 18.3 Å². The van der Waals surface area contributed by atoms with Crippen molar-refractivity contribution in [3.63, 3.8) is 0 Å². The van der Waals surface area contributed by atoms with Crippen molar-refractivity contribution >= 4 is 28.0 Å².